The molecule has 0 amide bonds. The van der Waals surface area contributed by atoms with Gasteiger partial charge in [0.1, 0.15) is 5.50 Å². The van der Waals surface area contributed by atoms with Gasteiger partial charge in [0.15, 0.2) is 0 Å². The van der Waals surface area contributed by atoms with Crippen LogP contribution in [-0.4, -0.2) is 12.0 Å². The lowest BCUT2D eigenvalue weighted by Gasteiger charge is -2.16. The Labute approximate surface area is 79.2 Å². The average molecular weight is 186 g/mol. The molecule has 1 aliphatic rings. The van der Waals surface area contributed by atoms with Crippen molar-refractivity contribution in [2.45, 2.75) is 32.7 Å². The third-order valence-corrected chi connectivity index (χ3v) is 3.11. The third-order valence-electron chi connectivity index (χ3n) is 2.16. The van der Waals surface area contributed by atoms with Crippen molar-refractivity contribution in [2.24, 2.45) is 5.92 Å². The fraction of sp³-hybridized carbons (Fsp3) is 0.778. The standard InChI is InChI=1S/C9H18N2S/c1-4-7(3)8-6-12-9(11-8)10-5-2/h6-7,9-11H,4-5H2,1-3H3. The number of nitrogens with one attached hydrogen (secondary N) is 2. The summed E-state index contributed by atoms with van der Waals surface area (Å²) in [5, 5.41) is 9.05. The van der Waals surface area contributed by atoms with Gasteiger partial charge in [0, 0.05) is 5.70 Å². The molecule has 2 atom stereocenters. The molecule has 0 bridgehead atoms. The Kier molecular flexibility index (Phi) is 3.95. The van der Waals surface area contributed by atoms with Crippen molar-refractivity contribution in [3.05, 3.63) is 11.1 Å². The first-order valence-electron chi connectivity index (χ1n) is 4.63. The summed E-state index contributed by atoms with van der Waals surface area (Å²) in [5.74, 6) is 0.668. The monoisotopic (exact) mass is 186 g/mol. The van der Waals surface area contributed by atoms with Gasteiger partial charge in [-0.15, -0.1) is 0 Å². The molecule has 3 heteroatoms. The first-order valence-corrected chi connectivity index (χ1v) is 5.57. The summed E-state index contributed by atoms with van der Waals surface area (Å²) in [6.07, 6.45) is 1.21. The zero-order valence-electron chi connectivity index (χ0n) is 8.05. The van der Waals surface area contributed by atoms with Crippen LogP contribution in [0.2, 0.25) is 0 Å². The molecule has 0 aromatic rings. The van der Waals surface area contributed by atoms with Gasteiger partial charge < -0.3 is 5.32 Å². The lowest BCUT2D eigenvalue weighted by Crippen LogP contribution is -2.36. The summed E-state index contributed by atoms with van der Waals surface area (Å²) in [7, 11) is 0. The van der Waals surface area contributed by atoms with E-state index in [1.807, 2.05) is 11.8 Å². The van der Waals surface area contributed by atoms with Crippen molar-refractivity contribution in [2.75, 3.05) is 6.54 Å². The number of hydrogen-bond acceptors (Lipinski definition) is 3. The Bertz CT molecular complexity index is 168. The summed E-state index contributed by atoms with van der Waals surface area (Å²) in [5.41, 5.74) is 1.78. The Balaban J connectivity index is 2.32. The first kappa shape index (κ1) is 9.93. The molecule has 2 nitrogen and oxygen atoms in total. The summed E-state index contributed by atoms with van der Waals surface area (Å²) >= 11 is 1.83. The third kappa shape index (κ3) is 2.42. The van der Waals surface area contributed by atoms with Crippen molar-refractivity contribution in [1.82, 2.24) is 10.6 Å². The molecule has 1 heterocycles. The van der Waals surface area contributed by atoms with Gasteiger partial charge in [0.05, 0.1) is 0 Å². The van der Waals surface area contributed by atoms with E-state index in [1.165, 1.54) is 12.1 Å². The normalized spacial score (nSPS) is 24.9. The molecule has 0 aromatic heterocycles. The van der Waals surface area contributed by atoms with Crippen LogP contribution in [-0.2, 0) is 0 Å². The fourth-order valence-electron chi connectivity index (χ4n) is 1.12. The smallest absolute Gasteiger partial charge is 0.129 e. The molecule has 0 saturated heterocycles. The molecule has 12 heavy (non-hydrogen) atoms. The van der Waals surface area contributed by atoms with E-state index in [2.05, 4.69) is 36.8 Å². The van der Waals surface area contributed by atoms with Crippen molar-refractivity contribution in [1.29, 1.82) is 0 Å². The molecule has 0 aromatic carbocycles. The molecule has 2 unspecified atom stereocenters. The average Bonchev–Trinajstić information content (AvgIpc) is 2.52. The van der Waals surface area contributed by atoms with E-state index >= 15 is 0 Å². The highest BCUT2D eigenvalue weighted by atomic mass is 32.2. The van der Waals surface area contributed by atoms with Crippen molar-refractivity contribution in [3.8, 4) is 0 Å². The van der Waals surface area contributed by atoms with Crippen LogP contribution < -0.4 is 10.6 Å². The Morgan fingerprint density at radius 3 is 3.00 bits per heavy atom. The summed E-state index contributed by atoms with van der Waals surface area (Å²) in [4.78, 5) is 0. The van der Waals surface area contributed by atoms with E-state index in [1.54, 1.807) is 0 Å². The highest BCUT2D eigenvalue weighted by Gasteiger charge is 2.17. The number of rotatable bonds is 4. The van der Waals surface area contributed by atoms with E-state index in [0.717, 1.165) is 6.54 Å². The lowest BCUT2D eigenvalue weighted by atomic mass is 10.1. The van der Waals surface area contributed by atoms with Gasteiger partial charge >= 0.3 is 0 Å². The van der Waals surface area contributed by atoms with Gasteiger partial charge in [-0.2, -0.15) is 0 Å². The van der Waals surface area contributed by atoms with Crippen LogP contribution in [0.5, 0.6) is 0 Å². The lowest BCUT2D eigenvalue weighted by molar-refractivity contribution is 0.545. The number of thioether (sulfide) groups is 1. The van der Waals surface area contributed by atoms with E-state index in [0.29, 0.717) is 11.4 Å². The molecule has 2 N–H and O–H groups in total. The molecular formula is C9H18N2S. The fourth-order valence-corrected chi connectivity index (χ4v) is 2.17. The van der Waals surface area contributed by atoms with E-state index in [-0.39, 0.29) is 0 Å². The second-order valence-corrected chi connectivity index (χ2v) is 4.08. The maximum absolute atomic E-state index is 3.46. The van der Waals surface area contributed by atoms with Gasteiger partial charge in [0.2, 0.25) is 0 Å². The molecule has 1 aliphatic heterocycles. The predicted molar refractivity (Wildman–Crippen MR) is 55.7 cm³/mol. The quantitative estimate of drug-likeness (QED) is 0.703. The maximum atomic E-state index is 3.46. The van der Waals surface area contributed by atoms with Crippen molar-refractivity contribution < 1.29 is 0 Å². The minimum Gasteiger partial charge on any atom is -0.364 e. The molecule has 1 rings (SSSR count). The van der Waals surface area contributed by atoms with E-state index < -0.39 is 0 Å². The van der Waals surface area contributed by atoms with E-state index in [4.69, 9.17) is 0 Å². The molecule has 0 saturated carbocycles. The summed E-state index contributed by atoms with van der Waals surface area (Å²) in [6.45, 7) is 7.63. The summed E-state index contributed by atoms with van der Waals surface area (Å²) < 4.78 is 0. The molecule has 70 valence electrons. The zero-order valence-corrected chi connectivity index (χ0v) is 8.87. The number of allylic oxidation sites excluding steroid dienone is 1. The van der Waals surface area contributed by atoms with Gasteiger partial charge in [-0.3, -0.25) is 5.32 Å². The van der Waals surface area contributed by atoms with Gasteiger partial charge in [-0.1, -0.05) is 32.5 Å². The Morgan fingerprint density at radius 1 is 1.67 bits per heavy atom. The second kappa shape index (κ2) is 4.77. The van der Waals surface area contributed by atoms with Gasteiger partial charge in [-0.25, -0.2) is 0 Å². The van der Waals surface area contributed by atoms with Crippen LogP contribution in [0.1, 0.15) is 27.2 Å². The zero-order chi connectivity index (χ0) is 8.97. The SMILES string of the molecule is CCNC1NC(C(C)CC)=CS1. The Hall–Kier alpha value is -0.150. The highest BCUT2D eigenvalue weighted by Crippen LogP contribution is 2.24. The van der Waals surface area contributed by atoms with Crippen LogP contribution in [0.15, 0.2) is 11.1 Å². The Morgan fingerprint density at radius 2 is 2.42 bits per heavy atom. The minimum atomic E-state index is 0.402. The van der Waals surface area contributed by atoms with Crippen LogP contribution in [0, 0.1) is 5.92 Å². The number of hydrogen-bond donors (Lipinski definition) is 2. The summed E-state index contributed by atoms with van der Waals surface area (Å²) in [6, 6.07) is 0. The largest absolute Gasteiger partial charge is 0.364 e. The first-order chi connectivity index (χ1) is 5.77. The molecule has 0 spiro atoms. The molecule has 0 fully saturated rings. The molecule has 0 aliphatic carbocycles. The topological polar surface area (TPSA) is 24.1 Å². The van der Waals surface area contributed by atoms with E-state index in [9.17, 15) is 0 Å². The second-order valence-electron chi connectivity index (χ2n) is 3.10. The van der Waals surface area contributed by atoms with Crippen LogP contribution in [0.25, 0.3) is 0 Å². The van der Waals surface area contributed by atoms with Gasteiger partial charge in [-0.05, 0) is 24.3 Å². The maximum Gasteiger partial charge on any atom is 0.129 e. The predicted octanol–water partition coefficient (Wildman–Crippen LogP) is 2.10. The molecule has 0 radical (unpaired) electrons. The van der Waals surface area contributed by atoms with Gasteiger partial charge in [0.25, 0.3) is 0 Å². The van der Waals surface area contributed by atoms with Crippen molar-refractivity contribution >= 4 is 11.8 Å². The van der Waals surface area contributed by atoms with Crippen LogP contribution in [0.3, 0.4) is 0 Å². The minimum absolute atomic E-state index is 0.402. The van der Waals surface area contributed by atoms with Crippen LogP contribution in [0.4, 0.5) is 0 Å². The highest BCUT2D eigenvalue weighted by molar-refractivity contribution is 8.02. The van der Waals surface area contributed by atoms with Crippen LogP contribution >= 0.6 is 11.8 Å². The molecular weight excluding hydrogens is 168 g/mol. The van der Waals surface area contributed by atoms with Crippen molar-refractivity contribution in [3.63, 3.8) is 0 Å².